The van der Waals surface area contributed by atoms with Gasteiger partial charge in [0.15, 0.2) is 0 Å². The number of aromatic hydroxyl groups is 1. The zero-order chi connectivity index (χ0) is 11.4. The monoisotopic (exact) mass is 206 g/mol. The first kappa shape index (κ1) is 12.1. The molecule has 0 bridgehead atoms. The Labute approximate surface area is 93.1 Å². The minimum atomic E-state index is 0.406. The van der Waals surface area contributed by atoms with E-state index in [1.54, 1.807) is 0 Å². The maximum Gasteiger partial charge on any atom is 0.116 e. The highest BCUT2D eigenvalue weighted by atomic mass is 16.3. The van der Waals surface area contributed by atoms with Crippen LogP contribution < -0.4 is 0 Å². The van der Waals surface area contributed by atoms with Crippen LogP contribution in [-0.4, -0.2) is 5.11 Å². The molecule has 0 spiro atoms. The summed E-state index contributed by atoms with van der Waals surface area (Å²) in [7, 11) is 0. The van der Waals surface area contributed by atoms with Gasteiger partial charge in [-0.1, -0.05) is 33.8 Å². The molecule has 15 heavy (non-hydrogen) atoms. The summed E-state index contributed by atoms with van der Waals surface area (Å²) in [6, 6.07) is 5.98. The Hall–Kier alpha value is -0.980. The third kappa shape index (κ3) is 4.37. The molecule has 0 heterocycles. The zero-order valence-corrected chi connectivity index (χ0v) is 10.2. The normalized spacial score (nSPS) is 11.3. The Kier molecular flexibility index (Phi) is 4.19. The summed E-state index contributed by atoms with van der Waals surface area (Å²) in [4.78, 5) is 0. The van der Waals surface area contributed by atoms with Crippen LogP contribution in [0.2, 0.25) is 0 Å². The predicted octanol–water partition coefficient (Wildman–Crippen LogP) is 3.79. The lowest BCUT2D eigenvalue weighted by Gasteiger charge is -2.10. The van der Waals surface area contributed by atoms with E-state index in [4.69, 9.17) is 0 Å². The summed E-state index contributed by atoms with van der Waals surface area (Å²) in [6.07, 6.45) is 2.08. The zero-order valence-electron chi connectivity index (χ0n) is 10.2. The SMILES string of the molecule is CC(C)Cc1cc(O)cc(CC(C)C)c1. The van der Waals surface area contributed by atoms with E-state index < -0.39 is 0 Å². The van der Waals surface area contributed by atoms with Crippen LogP contribution in [-0.2, 0) is 12.8 Å². The highest BCUT2D eigenvalue weighted by molar-refractivity contribution is 5.34. The maximum absolute atomic E-state index is 9.62. The highest BCUT2D eigenvalue weighted by Crippen LogP contribution is 2.20. The standard InChI is InChI=1S/C14H22O/c1-10(2)5-12-7-13(6-11(3)4)9-14(15)8-12/h7-11,15H,5-6H2,1-4H3. The van der Waals surface area contributed by atoms with Gasteiger partial charge in [0.2, 0.25) is 0 Å². The second kappa shape index (κ2) is 5.20. The largest absolute Gasteiger partial charge is 0.508 e. The summed E-state index contributed by atoms with van der Waals surface area (Å²) in [6.45, 7) is 8.80. The number of hydrogen-bond acceptors (Lipinski definition) is 1. The molecule has 0 aromatic heterocycles. The minimum Gasteiger partial charge on any atom is -0.508 e. The van der Waals surface area contributed by atoms with Crippen molar-refractivity contribution >= 4 is 0 Å². The first-order valence-corrected chi connectivity index (χ1v) is 5.79. The molecule has 0 aliphatic carbocycles. The van der Waals surface area contributed by atoms with Crippen molar-refractivity contribution < 1.29 is 5.11 Å². The molecule has 0 fully saturated rings. The van der Waals surface area contributed by atoms with Gasteiger partial charge in [-0.25, -0.2) is 0 Å². The van der Waals surface area contributed by atoms with Gasteiger partial charge in [-0.3, -0.25) is 0 Å². The average Bonchev–Trinajstić information content (AvgIpc) is 1.98. The Morgan fingerprint density at radius 3 is 1.60 bits per heavy atom. The van der Waals surface area contributed by atoms with Gasteiger partial charge in [-0.2, -0.15) is 0 Å². The molecular formula is C14H22O. The average molecular weight is 206 g/mol. The van der Waals surface area contributed by atoms with Crippen molar-refractivity contribution in [3.05, 3.63) is 29.3 Å². The molecule has 1 nitrogen and oxygen atoms in total. The lowest BCUT2D eigenvalue weighted by Crippen LogP contribution is -1.98. The molecule has 1 aromatic carbocycles. The molecule has 0 unspecified atom stereocenters. The van der Waals surface area contributed by atoms with Gasteiger partial charge in [0.1, 0.15) is 5.75 Å². The fraction of sp³-hybridized carbons (Fsp3) is 0.571. The molecule has 0 radical (unpaired) electrons. The molecule has 84 valence electrons. The van der Waals surface area contributed by atoms with E-state index in [2.05, 4.69) is 33.8 Å². The molecule has 0 atom stereocenters. The quantitative estimate of drug-likeness (QED) is 0.794. The topological polar surface area (TPSA) is 20.2 Å². The number of hydrogen-bond donors (Lipinski definition) is 1. The van der Waals surface area contributed by atoms with Crippen LogP contribution in [0.1, 0.15) is 38.8 Å². The van der Waals surface area contributed by atoms with E-state index in [0.717, 1.165) is 12.8 Å². The fourth-order valence-electron chi connectivity index (χ4n) is 1.92. The Balaban J connectivity index is 2.84. The lowest BCUT2D eigenvalue weighted by atomic mass is 9.97. The van der Waals surface area contributed by atoms with Crippen LogP contribution in [0.5, 0.6) is 5.75 Å². The van der Waals surface area contributed by atoms with Crippen LogP contribution in [0.15, 0.2) is 18.2 Å². The van der Waals surface area contributed by atoms with Crippen LogP contribution in [0, 0.1) is 11.8 Å². The molecule has 1 heteroatoms. The van der Waals surface area contributed by atoms with Crippen LogP contribution in [0.25, 0.3) is 0 Å². The molecule has 0 amide bonds. The van der Waals surface area contributed by atoms with Crippen molar-refractivity contribution in [1.82, 2.24) is 0 Å². The Morgan fingerprint density at radius 2 is 1.27 bits per heavy atom. The van der Waals surface area contributed by atoms with Gasteiger partial charge >= 0.3 is 0 Å². The second-order valence-electron chi connectivity index (χ2n) is 5.20. The Bertz CT molecular complexity index is 285. The Morgan fingerprint density at radius 1 is 0.867 bits per heavy atom. The molecule has 1 rings (SSSR count). The third-order valence-corrected chi connectivity index (χ3v) is 2.33. The molecule has 0 saturated carbocycles. The van der Waals surface area contributed by atoms with Crippen molar-refractivity contribution in [3.8, 4) is 5.75 Å². The van der Waals surface area contributed by atoms with Crippen LogP contribution in [0.4, 0.5) is 0 Å². The van der Waals surface area contributed by atoms with Gasteiger partial charge in [-0.15, -0.1) is 0 Å². The van der Waals surface area contributed by atoms with E-state index in [1.807, 2.05) is 12.1 Å². The van der Waals surface area contributed by atoms with E-state index in [0.29, 0.717) is 17.6 Å². The maximum atomic E-state index is 9.62. The summed E-state index contributed by atoms with van der Waals surface area (Å²) in [5.74, 6) is 1.68. The first-order valence-electron chi connectivity index (χ1n) is 5.79. The summed E-state index contributed by atoms with van der Waals surface area (Å²) in [5, 5.41) is 9.62. The molecular weight excluding hydrogens is 184 g/mol. The number of phenolic OH excluding ortho intramolecular Hbond substituents is 1. The number of phenols is 1. The third-order valence-electron chi connectivity index (χ3n) is 2.33. The van der Waals surface area contributed by atoms with Gasteiger partial charge in [0.25, 0.3) is 0 Å². The number of benzene rings is 1. The van der Waals surface area contributed by atoms with E-state index in [-0.39, 0.29) is 0 Å². The fourth-order valence-corrected chi connectivity index (χ4v) is 1.92. The first-order chi connectivity index (χ1) is 6.97. The summed E-state index contributed by atoms with van der Waals surface area (Å²) < 4.78 is 0. The molecule has 1 N–H and O–H groups in total. The van der Waals surface area contributed by atoms with E-state index in [9.17, 15) is 5.11 Å². The van der Waals surface area contributed by atoms with Crippen molar-refractivity contribution in [2.24, 2.45) is 11.8 Å². The van der Waals surface area contributed by atoms with Gasteiger partial charge in [-0.05, 0) is 47.9 Å². The van der Waals surface area contributed by atoms with Gasteiger partial charge < -0.3 is 5.11 Å². The summed E-state index contributed by atoms with van der Waals surface area (Å²) in [5.41, 5.74) is 2.50. The molecule has 0 aliphatic heterocycles. The molecule has 1 aromatic rings. The highest BCUT2D eigenvalue weighted by Gasteiger charge is 2.04. The van der Waals surface area contributed by atoms with Gasteiger partial charge in [0, 0.05) is 0 Å². The smallest absolute Gasteiger partial charge is 0.116 e. The number of rotatable bonds is 4. The van der Waals surface area contributed by atoms with Gasteiger partial charge in [0.05, 0.1) is 0 Å². The van der Waals surface area contributed by atoms with Crippen LogP contribution >= 0.6 is 0 Å². The van der Waals surface area contributed by atoms with E-state index in [1.165, 1.54) is 11.1 Å². The molecule has 0 saturated heterocycles. The van der Waals surface area contributed by atoms with E-state index >= 15 is 0 Å². The van der Waals surface area contributed by atoms with Crippen molar-refractivity contribution in [3.63, 3.8) is 0 Å². The van der Waals surface area contributed by atoms with Crippen molar-refractivity contribution in [2.45, 2.75) is 40.5 Å². The van der Waals surface area contributed by atoms with Crippen molar-refractivity contribution in [1.29, 1.82) is 0 Å². The van der Waals surface area contributed by atoms with Crippen molar-refractivity contribution in [2.75, 3.05) is 0 Å². The lowest BCUT2D eigenvalue weighted by molar-refractivity contribution is 0.472. The second-order valence-corrected chi connectivity index (χ2v) is 5.20. The predicted molar refractivity (Wildman–Crippen MR) is 65.2 cm³/mol. The summed E-state index contributed by atoms with van der Waals surface area (Å²) >= 11 is 0. The molecule has 0 aliphatic rings. The minimum absolute atomic E-state index is 0.406. The van der Waals surface area contributed by atoms with Crippen LogP contribution in [0.3, 0.4) is 0 Å².